The van der Waals surface area contributed by atoms with Crippen molar-refractivity contribution in [2.24, 2.45) is 0 Å². The van der Waals surface area contributed by atoms with Crippen LogP contribution < -0.4 is 14.0 Å². The second-order valence-electron chi connectivity index (χ2n) is 6.53. The monoisotopic (exact) mass is 449 g/mol. The van der Waals surface area contributed by atoms with E-state index in [1.165, 1.54) is 18.6 Å². The third-order valence-corrected chi connectivity index (χ3v) is 6.51. The summed E-state index contributed by atoms with van der Waals surface area (Å²) in [4.78, 5) is 10.8. The molecule has 0 aliphatic carbocycles. The van der Waals surface area contributed by atoms with E-state index in [0.717, 1.165) is 38.4 Å². The van der Waals surface area contributed by atoms with Gasteiger partial charge in [0.25, 0.3) is 0 Å². The quantitative estimate of drug-likeness (QED) is 0.446. The van der Waals surface area contributed by atoms with Crippen molar-refractivity contribution in [2.75, 3.05) is 20.8 Å². The van der Waals surface area contributed by atoms with Crippen LogP contribution in [0.4, 0.5) is 0 Å². The first-order valence-corrected chi connectivity index (χ1v) is 11.5. The molecule has 0 saturated carbocycles. The molecule has 0 saturated heterocycles. The van der Waals surface area contributed by atoms with Gasteiger partial charge in [-0.25, -0.2) is 4.57 Å². The second kappa shape index (κ2) is 9.18. The van der Waals surface area contributed by atoms with Crippen LogP contribution in [0.3, 0.4) is 0 Å². The molecule has 0 bridgehead atoms. The van der Waals surface area contributed by atoms with Crippen molar-refractivity contribution >= 4 is 19.4 Å². The molecule has 0 aliphatic heterocycles. The van der Waals surface area contributed by atoms with E-state index in [2.05, 4.69) is 10.4 Å². The van der Waals surface area contributed by atoms with Crippen LogP contribution in [0.2, 0.25) is 0 Å². The van der Waals surface area contributed by atoms with Gasteiger partial charge in [0.05, 0.1) is 25.7 Å². The van der Waals surface area contributed by atoms with Crippen molar-refractivity contribution in [3.05, 3.63) is 47.7 Å². The molecule has 9 heteroatoms. The van der Waals surface area contributed by atoms with Crippen molar-refractivity contribution in [3.63, 3.8) is 0 Å². The molecule has 1 N–H and O–H groups in total. The fraction of sp³-hybridized carbons (Fsp3) is 0.286. The van der Waals surface area contributed by atoms with Crippen LogP contribution >= 0.6 is 19.4 Å². The van der Waals surface area contributed by atoms with Gasteiger partial charge in [0.2, 0.25) is 0 Å². The zero-order valence-electron chi connectivity index (χ0n) is 17.5. The van der Waals surface area contributed by atoms with Crippen LogP contribution in [-0.2, 0) is 9.09 Å². The van der Waals surface area contributed by atoms with Gasteiger partial charge in [-0.2, -0.15) is 4.37 Å². The minimum atomic E-state index is -4.25. The van der Waals surface area contributed by atoms with Gasteiger partial charge in [0.1, 0.15) is 5.75 Å². The van der Waals surface area contributed by atoms with Gasteiger partial charge in [0, 0.05) is 11.8 Å². The van der Waals surface area contributed by atoms with E-state index >= 15 is 0 Å². The number of aryl methyl sites for hydroxylation is 1. The molecule has 160 valence electrons. The van der Waals surface area contributed by atoms with Gasteiger partial charge < -0.3 is 14.0 Å². The molecule has 3 aromatic rings. The minimum Gasteiger partial charge on any atom is -0.496 e. The maximum Gasteiger partial charge on any atom is 0.527 e. The van der Waals surface area contributed by atoms with Gasteiger partial charge >= 0.3 is 7.82 Å². The Balaban J connectivity index is 2.07. The van der Waals surface area contributed by atoms with Crippen LogP contribution in [0.1, 0.15) is 18.1 Å². The molecule has 1 atom stereocenters. The summed E-state index contributed by atoms with van der Waals surface area (Å²) in [6.45, 7) is 5.71. The summed E-state index contributed by atoms with van der Waals surface area (Å²) >= 11 is 1.36. The number of methoxy groups -OCH3 is 2. The van der Waals surface area contributed by atoms with E-state index in [-0.39, 0.29) is 12.4 Å². The molecular weight excluding hydrogens is 425 g/mol. The Morgan fingerprint density at radius 1 is 1.03 bits per heavy atom. The maximum absolute atomic E-state index is 12.1. The minimum absolute atomic E-state index is 0.0446. The lowest BCUT2D eigenvalue weighted by atomic mass is 9.99. The van der Waals surface area contributed by atoms with Crippen molar-refractivity contribution < 1.29 is 28.0 Å². The van der Waals surface area contributed by atoms with Crippen molar-refractivity contribution in [1.29, 1.82) is 0 Å². The van der Waals surface area contributed by atoms with Crippen molar-refractivity contribution in [1.82, 2.24) is 4.37 Å². The molecule has 0 fully saturated rings. The highest BCUT2D eigenvalue weighted by atomic mass is 32.1. The number of hydrogen-bond acceptors (Lipinski definition) is 7. The van der Waals surface area contributed by atoms with E-state index in [1.807, 2.05) is 26.0 Å². The SMILES string of the molecule is CCOP(=O)(O)Oc1cc(-c2cnsc2-c2cc(C)c(C)c(OC)c2)ccc1OC. The number of benzene rings is 2. The summed E-state index contributed by atoms with van der Waals surface area (Å²) in [6, 6.07) is 9.25. The van der Waals surface area contributed by atoms with Crippen LogP contribution in [0.25, 0.3) is 21.6 Å². The largest absolute Gasteiger partial charge is 0.527 e. The van der Waals surface area contributed by atoms with Crippen LogP contribution in [0, 0.1) is 13.8 Å². The fourth-order valence-corrected chi connectivity index (χ4v) is 4.58. The highest BCUT2D eigenvalue weighted by Gasteiger charge is 2.25. The van der Waals surface area contributed by atoms with Gasteiger partial charge in [-0.15, -0.1) is 0 Å². The van der Waals surface area contributed by atoms with Crippen LogP contribution in [0.15, 0.2) is 36.5 Å². The van der Waals surface area contributed by atoms with Gasteiger partial charge in [0.15, 0.2) is 11.5 Å². The highest BCUT2D eigenvalue weighted by Crippen LogP contribution is 2.48. The number of hydrogen-bond donors (Lipinski definition) is 1. The van der Waals surface area contributed by atoms with E-state index in [1.54, 1.807) is 32.4 Å². The summed E-state index contributed by atoms with van der Waals surface area (Å²) in [6.07, 6.45) is 1.76. The number of phosphoric ester groups is 1. The lowest BCUT2D eigenvalue weighted by Crippen LogP contribution is -1.99. The Morgan fingerprint density at radius 2 is 1.73 bits per heavy atom. The number of aromatic nitrogens is 1. The molecule has 2 aromatic carbocycles. The number of nitrogens with zero attached hydrogens (tertiary/aromatic N) is 1. The van der Waals surface area contributed by atoms with E-state index < -0.39 is 7.82 Å². The molecule has 7 nitrogen and oxygen atoms in total. The Labute approximate surface area is 180 Å². The summed E-state index contributed by atoms with van der Waals surface area (Å²) < 4.78 is 37.3. The average molecular weight is 449 g/mol. The molecule has 1 aromatic heterocycles. The third-order valence-electron chi connectivity index (χ3n) is 4.65. The smallest absolute Gasteiger partial charge is 0.496 e. The molecule has 3 rings (SSSR count). The van der Waals surface area contributed by atoms with Gasteiger partial charge in [-0.1, -0.05) is 12.1 Å². The molecule has 0 spiro atoms. The van der Waals surface area contributed by atoms with Crippen LogP contribution in [-0.4, -0.2) is 30.1 Å². The molecule has 30 heavy (non-hydrogen) atoms. The first-order valence-electron chi connectivity index (χ1n) is 9.25. The molecule has 0 radical (unpaired) electrons. The molecule has 0 amide bonds. The Hall–Kier alpha value is -2.38. The number of rotatable bonds is 8. The summed E-state index contributed by atoms with van der Waals surface area (Å²) in [5.74, 6) is 1.25. The fourth-order valence-electron chi connectivity index (χ4n) is 3.05. The Bertz CT molecular complexity index is 1100. The summed E-state index contributed by atoms with van der Waals surface area (Å²) in [5, 5.41) is 0. The number of phosphoric acid groups is 1. The Morgan fingerprint density at radius 3 is 2.40 bits per heavy atom. The maximum atomic E-state index is 12.1. The van der Waals surface area contributed by atoms with E-state index in [0.29, 0.717) is 5.75 Å². The van der Waals surface area contributed by atoms with Crippen molar-refractivity contribution in [2.45, 2.75) is 20.8 Å². The Kier molecular flexibility index (Phi) is 6.83. The number of ether oxygens (including phenoxy) is 2. The highest BCUT2D eigenvalue weighted by molar-refractivity contribution is 7.47. The zero-order chi connectivity index (χ0) is 21.9. The lowest BCUT2D eigenvalue weighted by molar-refractivity contribution is 0.210. The lowest BCUT2D eigenvalue weighted by Gasteiger charge is -2.16. The van der Waals surface area contributed by atoms with Gasteiger partial charge in [-0.05, 0) is 72.8 Å². The predicted octanol–water partition coefficient (Wildman–Crippen LogP) is 5.63. The first-order chi connectivity index (χ1) is 14.3. The normalized spacial score (nSPS) is 13.0. The standard InChI is InChI=1S/C21H24NO6PS/c1-6-27-29(23,24)28-20-10-15(7-8-18(20)25-4)17-12-22-30-21(17)16-9-13(2)14(3)19(11-16)26-5/h7-12H,6H2,1-5H3,(H,23,24). The zero-order valence-corrected chi connectivity index (χ0v) is 19.2. The first kappa shape index (κ1) is 22.3. The second-order valence-corrected chi connectivity index (χ2v) is 8.71. The molecule has 1 heterocycles. The molecular formula is C21H24NO6PS. The topological polar surface area (TPSA) is 87.1 Å². The van der Waals surface area contributed by atoms with Crippen LogP contribution in [0.5, 0.6) is 17.2 Å². The summed E-state index contributed by atoms with van der Waals surface area (Å²) in [5.41, 5.74) is 4.81. The summed E-state index contributed by atoms with van der Waals surface area (Å²) in [7, 11) is -1.14. The van der Waals surface area contributed by atoms with E-state index in [9.17, 15) is 9.46 Å². The molecule has 0 aliphatic rings. The van der Waals surface area contributed by atoms with E-state index in [4.69, 9.17) is 18.5 Å². The molecule has 1 unspecified atom stereocenters. The predicted molar refractivity (Wildman–Crippen MR) is 118 cm³/mol. The average Bonchev–Trinajstić information content (AvgIpc) is 3.19. The third kappa shape index (κ3) is 4.68. The van der Waals surface area contributed by atoms with Gasteiger partial charge in [-0.3, -0.25) is 9.42 Å². The van der Waals surface area contributed by atoms with Crippen molar-refractivity contribution in [3.8, 4) is 38.8 Å².